The van der Waals surface area contributed by atoms with E-state index < -0.39 is 0 Å². The molecule has 1 aromatic rings. The topological polar surface area (TPSA) is 34.1 Å². The number of nitrogens with zero attached hydrogens (tertiary/aromatic N) is 1. The van der Waals surface area contributed by atoms with E-state index in [9.17, 15) is 0 Å². The van der Waals surface area contributed by atoms with Gasteiger partial charge in [-0.2, -0.15) is 0 Å². The third kappa shape index (κ3) is 7.16. The van der Waals surface area contributed by atoms with E-state index in [1.165, 1.54) is 37.7 Å². The summed E-state index contributed by atoms with van der Waals surface area (Å²) in [6, 6.07) is 4.12. The Morgan fingerprint density at radius 3 is 2.58 bits per heavy atom. The van der Waals surface area contributed by atoms with Gasteiger partial charge in [0.15, 0.2) is 0 Å². The molecule has 0 saturated heterocycles. The maximum atomic E-state index is 5.74. The molecule has 0 saturated carbocycles. The third-order valence-electron chi connectivity index (χ3n) is 3.12. The summed E-state index contributed by atoms with van der Waals surface area (Å²) in [5, 5.41) is 3.15. The minimum Gasteiger partial charge on any atom is -0.478 e. The van der Waals surface area contributed by atoms with Crippen LogP contribution in [0.3, 0.4) is 0 Å². The molecule has 0 aliphatic heterocycles. The van der Waals surface area contributed by atoms with E-state index in [4.69, 9.17) is 4.74 Å². The smallest absolute Gasteiger partial charge is 0.213 e. The molecule has 0 bridgehead atoms. The number of nitrogens with one attached hydrogen (secondary N) is 1. The van der Waals surface area contributed by atoms with Gasteiger partial charge in [0, 0.05) is 18.3 Å². The zero-order valence-corrected chi connectivity index (χ0v) is 12.7. The van der Waals surface area contributed by atoms with E-state index in [1.807, 2.05) is 20.0 Å². The lowest BCUT2D eigenvalue weighted by atomic mass is 10.1. The Hall–Kier alpha value is -1.09. The zero-order valence-electron chi connectivity index (χ0n) is 12.7. The highest BCUT2D eigenvalue weighted by atomic mass is 16.5. The summed E-state index contributed by atoms with van der Waals surface area (Å²) in [4.78, 5) is 4.41. The third-order valence-corrected chi connectivity index (χ3v) is 3.12. The molecule has 0 aliphatic carbocycles. The SMILES string of the molecule is CCCCCCCCOc1cc(CNC)cc(C)n1. The summed E-state index contributed by atoms with van der Waals surface area (Å²) < 4.78 is 5.74. The Labute approximate surface area is 117 Å². The van der Waals surface area contributed by atoms with Gasteiger partial charge in [0.05, 0.1) is 6.61 Å². The molecule has 1 aromatic heterocycles. The molecular weight excluding hydrogens is 236 g/mol. The molecule has 3 heteroatoms. The molecule has 1 N–H and O–H groups in total. The Morgan fingerprint density at radius 2 is 1.84 bits per heavy atom. The number of pyridine rings is 1. The van der Waals surface area contributed by atoms with Gasteiger partial charge in [-0.1, -0.05) is 39.0 Å². The van der Waals surface area contributed by atoms with Crippen LogP contribution < -0.4 is 10.1 Å². The predicted octanol–water partition coefficient (Wildman–Crippen LogP) is 3.85. The highest BCUT2D eigenvalue weighted by molar-refractivity contribution is 5.24. The van der Waals surface area contributed by atoms with E-state index >= 15 is 0 Å². The van der Waals surface area contributed by atoms with Crippen LogP contribution in [0.25, 0.3) is 0 Å². The second kappa shape index (κ2) is 9.79. The van der Waals surface area contributed by atoms with Crippen molar-refractivity contribution in [2.24, 2.45) is 0 Å². The minimum atomic E-state index is 0.763. The van der Waals surface area contributed by atoms with Crippen molar-refractivity contribution in [3.8, 4) is 5.88 Å². The molecule has 0 spiro atoms. The second-order valence-corrected chi connectivity index (χ2v) is 5.10. The van der Waals surface area contributed by atoms with Crippen LogP contribution in [0.15, 0.2) is 12.1 Å². The average Bonchev–Trinajstić information content (AvgIpc) is 2.37. The maximum Gasteiger partial charge on any atom is 0.213 e. The van der Waals surface area contributed by atoms with E-state index in [2.05, 4.69) is 23.3 Å². The van der Waals surface area contributed by atoms with Crippen LogP contribution in [-0.2, 0) is 6.54 Å². The molecule has 0 amide bonds. The number of aryl methyl sites for hydroxylation is 1. The quantitative estimate of drug-likeness (QED) is 0.652. The van der Waals surface area contributed by atoms with Crippen LogP contribution in [0.5, 0.6) is 5.88 Å². The molecule has 19 heavy (non-hydrogen) atoms. The molecule has 1 heterocycles. The van der Waals surface area contributed by atoms with Crippen molar-refractivity contribution < 1.29 is 4.74 Å². The van der Waals surface area contributed by atoms with E-state index in [0.717, 1.165) is 31.1 Å². The van der Waals surface area contributed by atoms with E-state index in [0.29, 0.717) is 0 Å². The van der Waals surface area contributed by atoms with Crippen molar-refractivity contribution in [2.45, 2.75) is 58.9 Å². The predicted molar refractivity (Wildman–Crippen MR) is 80.6 cm³/mol. The Kier molecular flexibility index (Phi) is 8.23. The van der Waals surface area contributed by atoms with Crippen LogP contribution in [-0.4, -0.2) is 18.6 Å². The summed E-state index contributed by atoms with van der Waals surface area (Å²) in [6.07, 6.45) is 7.72. The lowest BCUT2D eigenvalue weighted by Gasteiger charge is -2.08. The average molecular weight is 264 g/mol. The fourth-order valence-electron chi connectivity index (χ4n) is 2.15. The van der Waals surface area contributed by atoms with Gasteiger partial charge >= 0.3 is 0 Å². The molecule has 0 unspecified atom stereocenters. The number of hydrogen-bond acceptors (Lipinski definition) is 3. The summed E-state index contributed by atoms with van der Waals surface area (Å²) in [7, 11) is 1.95. The highest BCUT2D eigenvalue weighted by Gasteiger charge is 2.01. The van der Waals surface area contributed by atoms with Crippen LogP contribution in [0, 0.1) is 6.92 Å². The Bertz CT molecular complexity index is 353. The molecule has 0 atom stereocenters. The molecule has 3 nitrogen and oxygen atoms in total. The maximum absolute atomic E-state index is 5.74. The standard InChI is InChI=1S/C16H28N2O/c1-4-5-6-7-8-9-10-19-16-12-15(13-17-3)11-14(2)18-16/h11-12,17H,4-10,13H2,1-3H3. The summed E-state index contributed by atoms with van der Waals surface area (Å²) >= 11 is 0. The fourth-order valence-corrected chi connectivity index (χ4v) is 2.15. The first-order valence-corrected chi connectivity index (χ1v) is 7.51. The van der Waals surface area contributed by atoms with Gasteiger partial charge in [0.2, 0.25) is 5.88 Å². The van der Waals surface area contributed by atoms with Gasteiger partial charge in [-0.25, -0.2) is 4.98 Å². The van der Waals surface area contributed by atoms with Crippen molar-refractivity contribution in [3.63, 3.8) is 0 Å². The van der Waals surface area contributed by atoms with Gasteiger partial charge in [-0.3, -0.25) is 0 Å². The number of hydrogen-bond donors (Lipinski definition) is 1. The van der Waals surface area contributed by atoms with Crippen molar-refractivity contribution >= 4 is 0 Å². The van der Waals surface area contributed by atoms with Crippen LogP contribution >= 0.6 is 0 Å². The van der Waals surface area contributed by atoms with Gasteiger partial charge in [0.25, 0.3) is 0 Å². The first kappa shape index (κ1) is 16.0. The van der Waals surface area contributed by atoms with Crippen molar-refractivity contribution in [1.82, 2.24) is 10.3 Å². The van der Waals surface area contributed by atoms with Crippen LogP contribution in [0.4, 0.5) is 0 Å². The Balaban J connectivity index is 2.25. The van der Waals surface area contributed by atoms with Crippen LogP contribution in [0.1, 0.15) is 56.7 Å². The molecule has 0 radical (unpaired) electrons. The van der Waals surface area contributed by atoms with Crippen LogP contribution in [0.2, 0.25) is 0 Å². The Morgan fingerprint density at radius 1 is 1.11 bits per heavy atom. The molecule has 0 aliphatic rings. The van der Waals surface area contributed by atoms with Crippen molar-refractivity contribution in [3.05, 3.63) is 23.4 Å². The van der Waals surface area contributed by atoms with Gasteiger partial charge < -0.3 is 10.1 Å². The van der Waals surface area contributed by atoms with Crippen molar-refractivity contribution in [1.29, 1.82) is 0 Å². The number of ether oxygens (including phenoxy) is 1. The molecule has 1 rings (SSSR count). The molecular formula is C16H28N2O. The second-order valence-electron chi connectivity index (χ2n) is 5.10. The summed E-state index contributed by atoms with van der Waals surface area (Å²) in [6.45, 7) is 5.89. The molecule has 108 valence electrons. The summed E-state index contributed by atoms with van der Waals surface area (Å²) in [5.41, 5.74) is 2.25. The first-order valence-electron chi connectivity index (χ1n) is 7.51. The number of aromatic nitrogens is 1. The molecule has 0 fully saturated rings. The van der Waals surface area contributed by atoms with Gasteiger partial charge in [-0.15, -0.1) is 0 Å². The number of rotatable bonds is 10. The first-order chi connectivity index (χ1) is 9.26. The van der Waals surface area contributed by atoms with Gasteiger partial charge in [-0.05, 0) is 32.0 Å². The van der Waals surface area contributed by atoms with Gasteiger partial charge in [0.1, 0.15) is 0 Å². The fraction of sp³-hybridized carbons (Fsp3) is 0.688. The van der Waals surface area contributed by atoms with Crippen molar-refractivity contribution in [2.75, 3.05) is 13.7 Å². The van der Waals surface area contributed by atoms with E-state index in [1.54, 1.807) is 0 Å². The highest BCUT2D eigenvalue weighted by Crippen LogP contribution is 2.13. The zero-order chi connectivity index (χ0) is 13.9. The largest absolute Gasteiger partial charge is 0.478 e. The lowest BCUT2D eigenvalue weighted by Crippen LogP contribution is -2.07. The molecule has 0 aromatic carbocycles. The summed E-state index contributed by atoms with van der Waals surface area (Å²) in [5.74, 6) is 0.763. The normalized spacial score (nSPS) is 10.7. The monoisotopic (exact) mass is 264 g/mol. The lowest BCUT2D eigenvalue weighted by molar-refractivity contribution is 0.292. The number of unbranched alkanes of at least 4 members (excludes halogenated alkanes) is 5. The van der Waals surface area contributed by atoms with E-state index in [-0.39, 0.29) is 0 Å². The minimum absolute atomic E-state index is 0.763.